The van der Waals surface area contributed by atoms with E-state index < -0.39 is 0 Å². The summed E-state index contributed by atoms with van der Waals surface area (Å²) < 4.78 is 4.52. The van der Waals surface area contributed by atoms with E-state index in [1.807, 2.05) is 36.4 Å². The number of benzene rings is 4. The van der Waals surface area contributed by atoms with Crippen LogP contribution in [0.3, 0.4) is 0 Å². The van der Waals surface area contributed by atoms with E-state index in [0.29, 0.717) is 24.0 Å². The molecule has 0 amide bonds. The third-order valence-corrected chi connectivity index (χ3v) is 10.2. The predicted molar refractivity (Wildman–Crippen MR) is 202 cm³/mol. The van der Waals surface area contributed by atoms with Crippen molar-refractivity contribution in [2.45, 2.75) is 25.7 Å². The van der Waals surface area contributed by atoms with Gasteiger partial charge in [-0.15, -0.1) is 0 Å². The lowest BCUT2D eigenvalue weighted by atomic mass is 9.89. The molecule has 0 aliphatic heterocycles. The van der Waals surface area contributed by atoms with E-state index in [1.165, 1.54) is 11.1 Å². The first-order valence-electron chi connectivity index (χ1n) is 17.1. The topological polar surface area (TPSA) is 81.2 Å². The largest absolute Gasteiger partial charge is 0.309 e. The Bertz CT molecular complexity index is 2730. The molecule has 0 bridgehead atoms. The molecule has 1 atom stereocenters. The Morgan fingerprint density at radius 1 is 0.725 bits per heavy atom. The minimum Gasteiger partial charge on any atom is -0.309 e. The van der Waals surface area contributed by atoms with Crippen molar-refractivity contribution in [1.29, 1.82) is 15.8 Å². The molecule has 0 saturated heterocycles. The summed E-state index contributed by atoms with van der Waals surface area (Å²) in [7, 11) is 0. The van der Waals surface area contributed by atoms with Gasteiger partial charge in [-0.05, 0) is 108 Å². The second-order valence-corrected chi connectivity index (χ2v) is 13.1. The Labute approximate surface area is 296 Å². The van der Waals surface area contributed by atoms with Gasteiger partial charge in [0.25, 0.3) is 0 Å². The maximum atomic E-state index is 9.95. The summed E-state index contributed by atoms with van der Waals surface area (Å²) in [4.78, 5) is 0. The van der Waals surface area contributed by atoms with E-state index in [1.54, 1.807) is 0 Å². The molecule has 0 fully saturated rings. The van der Waals surface area contributed by atoms with Crippen molar-refractivity contribution in [2.75, 3.05) is 0 Å². The second-order valence-electron chi connectivity index (χ2n) is 13.1. The van der Waals surface area contributed by atoms with Crippen LogP contribution in [0, 0.1) is 51.8 Å². The molecule has 9 rings (SSSR count). The predicted octanol–water partition coefficient (Wildman–Crippen LogP) is 9.96. The van der Waals surface area contributed by atoms with E-state index in [9.17, 15) is 15.8 Å². The molecule has 4 aromatic carbocycles. The Kier molecular flexibility index (Phi) is 7.14. The standard InChI is InChI=1S/C46H29N5/c47-27-30-7-5-12-38-37-10-1-3-13-42(37)50(46(38)25-30)36-19-17-33(18-20-36)34-8-6-9-35(26-34)40-23-31(28-48)15-21-44(40)51-43-14-4-2-11-39(43)41-24-32(29-49)16-22-45(41)51/h1,3-4,6,8-10,13-23,25-26,32H,2,7,11,24H2. The summed E-state index contributed by atoms with van der Waals surface area (Å²) in [6.07, 6.45) is 13.6. The fourth-order valence-electron chi connectivity index (χ4n) is 7.85. The fourth-order valence-corrected chi connectivity index (χ4v) is 7.85. The van der Waals surface area contributed by atoms with Crippen molar-refractivity contribution in [1.82, 2.24) is 9.13 Å². The van der Waals surface area contributed by atoms with Crippen molar-refractivity contribution in [3.8, 4) is 63.7 Å². The molecule has 3 aliphatic rings. The maximum absolute atomic E-state index is 9.95. The zero-order chi connectivity index (χ0) is 34.5. The van der Waals surface area contributed by atoms with Gasteiger partial charge in [0.05, 0.1) is 52.2 Å². The molecule has 2 heterocycles. The molecule has 3 aliphatic carbocycles. The van der Waals surface area contributed by atoms with Gasteiger partial charge in [0, 0.05) is 40.0 Å². The number of nitriles is 3. The molecule has 0 radical (unpaired) electrons. The number of allylic oxidation sites excluding steroid dienone is 3. The molecule has 6 aromatic rings. The molecule has 0 spiro atoms. The summed E-state index contributed by atoms with van der Waals surface area (Å²) >= 11 is 0. The van der Waals surface area contributed by atoms with E-state index >= 15 is 0 Å². The molecule has 0 N–H and O–H groups in total. The first-order valence-corrected chi connectivity index (χ1v) is 17.1. The van der Waals surface area contributed by atoms with Gasteiger partial charge in [0.15, 0.2) is 0 Å². The summed E-state index contributed by atoms with van der Waals surface area (Å²) in [6.45, 7) is 0. The van der Waals surface area contributed by atoms with Gasteiger partial charge >= 0.3 is 0 Å². The van der Waals surface area contributed by atoms with Gasteiger partial charge < -0.3 is 9.13 Å². The molecule has 238 valence electrons. The first-order chi connectivity index (χ1) is 25.1. The highest BCUT2D eigenvalue weighted by Crippen LogP contribution is 2.40. The lowest BCUT2D eigenvalue weighted by molar-refractivity contribution is 0.794. The molecule has 1 unspecified atom stereocenters. The first kappa shape index (κ1) is 30.0. The number of hydrogen-bond acceptors (Lipinski definition) is 3. The number of nitrogens with zero attached hydrogens (tertiary/aromatic N) is 5. The van der Waals surface area contributed by atoms with E-state index in [2.05, 4.69) is 124 Å². The van der Waals surface area contributed by atoms with Crippen molar-refractivity contribution < 1.29 is 0 Å². The lowest BCUT2D eigenvalue weighted by Gasteiger charge is -2.19. The average molecular weight is 652 g/mol. The quantitative estimate of drug-likeness (QED) is 0.178. The normalized spacial score (nSPS) is 15.2. The van der Waals surface area contributed by atoms with Crippen LogP contribution in [0.1, 0.15) is 52.2 Å². The zero-order valence-corrected chi connectivity index (χ0v) is 27.7. The monoisotopic (exact) mass is 651 g/mol. The van der Waals surface area contributed by atoms with Crippen molar-refractivity contribution in [2.24, 2.45) is 5.92 Å². The zero-order valence-electron chi connectivity index (χ0n) is 27.7. The number of aromatic nitrogens is 2. The average Bonchev–Trinajstić information content (AvgIpc) is 3.59. The Hall–Kier alpha value is -7.05. The highest BCUT2D eigenvalue weighted by molar-refractivity contribution is 5.94. The second kappa shape index (κ2) is 12.1. The minimum absolute atomic E-state index is 0.127. The van der Waals surface area contributed by atoms with Gasteiger partial charge in [0.2, 0.25) is 0 Å². The molecule has 0 saturated carbocycles. The van der Waals surface area contributed by atoms with E-state index in [0.717, 1.165) is 80.0 Å². The molecule has 5 nitrogen and oxygen atoms in total. The summed E-state index contributed by atoms with van der Waals surface area (Å²) in [5, 5.41) is 30.5. The number of hydrogen-bond donors (Lipinski definition) is 0. The molecular formula is C46H29N5. The summed E-state index contributed by atoms with van der Waals surface area (Å²) in [5.74, 6) is 6.37. The number of fused-ring (bicyclic) bond motifs is 6. The maximum Gasteiger partial charge on any atom is 0.0991 e. The van der Waals surface area contributed by atoms with Crippen LogP contribution in [0.15, 0.2) is 109 Å². The van der Waals surface area contributed by atoms with E-state index in [-0.39, 0.29) is 5.92 Å². The molecule has 51 heavy (non-hydrogen) atoms. The third-order valence-electron chi connectivity index (χ3n) is 10.2. The van der Waals surface area contributed by atoms with Crippen LogP contribution in [0.5, 0.6) is 0 Å². The van der Waals surface area contributed by atoms with Crippen molar-refractivity contribution in [3.63, 3.8) is 0 Å². The van der Waals surface area contributed by atoms with Crippen LogP contribution in [-0.2, 0) is 12.8 Å². The Morgan fingerprint density at radius 2 is 1.57 bits per heavy atom. The van der Waals surface area contributed by atoms with Gasteiger partial charge in [-0.2, -0.15) is 15.8 Å². The van der Waals surface area contributed by atoms with Crippen LogP contribution in [-0.4, -0.2) is 9.13 Å². The van der Waals surface area contributed by atoms with E-state index in [4.69, 9.17) is 0 Å². The van der Waals surface area contributed by atoms with Crippen LogP contribution >= 0.6 is 0 Å². The Balaban J connectivity index is 1.15. The van der Waals surface area contributed by atoms with Crippen LogP contribution in [0.2, 0.25) is 0 Å². The SMILES string of the molecule is N#CC1=Cc2c(c3ccccc3n2-c2ccc(-c3cccc(-c4cc(C#N)ccc4-n4c5c(c6c4C=CC(C#N)C6)CCC=C5)c3)cc2)C#CC1. The van der Waals surface area contributed by atoms with Gasteiger partial charge in [-0.1, -0.05) is 72.5 Å². The van der Waals surface area contributed by atoms with Crippen LogP contribution < -0.4 is 0 Å². The van der Waals surface area contributed by atoms with Gasteiger partial charge in [0.1, 0.15) is 0 Å². The number of para-hydroxylation sites is 1. The Morgan fingerprint density at radius 3 is 2.41 bits per heavy atom. The van der Waals surface area contributed by atoms with Crippen LogP contribution in [0.25, 0.3) is 62.8 Å². The molecular weight excluding hydrogens is 623 g/mol. The van der Waals surface area contributed by atoms with Gasteiger partial charge in [-0.25, -0.2) is 0 Å². The van der Waals surface area contributed by atoms with Crippen molar-refractivity contribution in [3.05, 3.63) is 148 Å². The lowest BCUT2D eigenvalue weighted by Crippen LogP contribution is -2.08. The highest BCUT2D eigenvalue weighted by atomic mass is 15.0. The molecule has 5 heteroatoms. The summed E-state index contributed by atoms with van der Waals surface area (Å²) in [6, 6.07) is 38.3. The van der Waals surface area contributed by atoms with Crippen molar-refractivity contribution >= 4 is 29.1 Å². The number of rotatable bonds is 4. The highest BCUT2D eigenvalue weighted by Gasteiger charge is 2.28. The molecule has 2 aromatic heterocycles. The minimum atomic E-state index is -0.127. The van der Waals surface area contributed by atoms with Gasteiger partial charge in [-0.3, -0.25) is 0 Å². The van der Waals surface area contributed by atoms with Crippen LogP contribution in [0.4, 0.5) is 0 Å². The fraction of sp³-hybridized carbons (Fsp3) is 0.109. The summed E-state index contributed by atoms with van der Waals surface area (Å²) in [5.41, 5.74) is 15.2. The smallest absolute Gasteiger partial charge is 0.0991 e. The third kappa shape index (κ3) is 4.92.